The molecule has 0 aliphatic heterocycles. The number of hydrogen-bond donors (Lipinski definition) is 2. The van der Waals surface area contributed by atoms with E-state index in [4.69, 9.17) is 0 Å². The van der Waals surface area contributed by atoms with Gasteiger partial charge in [-0.2, -0.15) is 0 Å². The Morgan fingerprint density at radius 2 is 1.86 bits per heavy atom. The fourth-order valence-electron chi connectivity index (χ4n) is 2.07. The minimum Gasteiger partial charge on any atom is -0.354 e. The molecule has 3 rings (SSSR count). The first-order chi connectivity index (χ1) is 10.1. The van der Waals surface area contributed by atoms with E-state index in [-0.39, 0.29) is 5.91 Å². The van der Waals surface area contributed by atoms with Gasteiger partial charge in [-0.15, -0.1) is 0 Å². The van der Waals surface area contributed by atoms with Crippen molar-refractivity contribution in [3.05, 3.63) is 53.3 Å². The van der Waals surface area contributed by atoms with Crippen LogP contribution in [0.15, 0.2) is 36.5 Å². The lowest BCUT2D eigenvalue weighted by molar-refractivity contribution is 0.0946. The Morgan fingerprint density at radius 3 is 2.48 bits per heavy atom. The highest BCUT2D eigenvalue weighted by Gasteiger charge is 2.24. The third kappa shape index (κ3) is 3.40. The molecule has 1 fully saturated rings. The summed E-state index contributed by atoms with van der Waals surface area (Å²) in [6.07, 6.45) is 3.85. The SMILES string of the molecule is Cc1ccc(Nc2ccc(C(=O)NC3CC3)nc2)cc1C. The maximum Gasteiger partial charge on any atom is 0.270 e. The molecule has 0 bridgehead atoms. The zero-order chi connectivity index (χ0) is 14.8. The minimum atomic E-state index is -0.0877. The van der Waals surface area contributed by atoms with Crippen molar-refractivity contribution < 1.29 is 4.79 Å². The number of amides is 1. The van der Waals surface area contributed by atoms with Crippen LogP contribution in [0.25, 0.3) is 0 Å². The Bertz CT molecular complexity index is 660. The van der Waals surface area contributed by atoms with Crippen molar-refractivity contribution in [3.63, 3.8) is 0 Å². The molecule has 21 heavy (non-hydrogen) atoms. The molecule has 0 saturated heterocycles. The van der Waals surface area contributed by atoms with Crippen molar-refractivity contribution in [2.24, 2.45) is 0 Å². The number of nitrogens with one attached hydrogen (secondary N) is 2. The summed E-state index contributed by atoms with van der Waals surface area (Å²) in [6.45, 7) is 4.18. The maximum atomic E-state index is 11.9. The van der Waals surface area contributed by atoms with Gasteiger partial charge in [0, 0.05) is 11.7 Å². The molecule has 0 atom stereocenters. The largest absolute Gasteiger partial charge is 0.354 e. The van der Waals surface area contributed by atoms with Crippen molar-refractivity contribution in [1.29, 1.82) is 0 Å². The molecular formula is C17H19N3O. The van der Waals surface area contributed by atoms with E-state index in [1.54, 1.807) is 12.3 Å². The molecular weight excluding hydrogens is 262 g/mol. The Hall–Kier alpha value is -2.36. The van der Waals surface area contributed by atoms with Crippen LogP contribution < -0.4 is 10.6 Å². The van der Waals surface area contributed by atoms with Gasteiger partial charge in [-0.1, -0.05) is 6.07 Å². The van der Waals surface area contributed by atoms with Crippen LogP contribution in [0.5, 0.6) is 0 Å². The highest BCUT2D eigenvalue weighted by atomic mass is 16.2. The summed E-state index contributed by atoms with van der Waals surface area (Å²) in [4.78, 5) is 16.1. The van der Waals surface area contributed by atoms with E-state index in [2.05, 4.69) is 41.6 Å². The van der Waals surface area contributed by atoms with E-state index in [0.717, 1.165) is 24.2 Å². The standard InChI is InChI=1S/C17H19N3O/c1-11-3-4-14(9-12(11)2)19-15-7-8-16(18-10-15)17(21)20-13-5-6-13/h3-4,7-10,13,19H,5-6H2,1-2H3,(H,20,21). The number of anilines is 2. The van der Waals surface area contributed by atoms with Gasteiger partial charge in [-0.25, -0.2) is 4.98 Å². The normalized spacial score (nSPS) is 13.8. The molecule has 0 unspecified atom stereocenters. The van der Waals surface area contributed by atoms with E-state index in [0.29, 0.717) is 11.7 Å². The van der Waals surface area contributed by atoms with Gasteiger partial charge in [-0.3, -0.25) is 4.79 Å². The Balaban J connectivity index is 1.68. The molecule has 1 saturated carbocycles. The van der Waals surface area contributed by atoms with E-state index >= 15 is 0 Å². The second-order valence-corrected chi connectivity index (χ2v) is 5.60. The number of aromatic nitrogens is 1. The quantitative estimate of drug-likeness (QED) is 0.903. The summed E-state index contributed by atoms with van der Waals surface area (Å²) in [5.74, 6) is -0.0877. The molecule has 1 amide bonds. The van der Waals surface area contributed by atoms with E-state index in [9.17, 15) is 4.79 Å². The fourth-order valence-corrected chi connectivity index (χ4v) is 2.07. The van der Waals surface area contributed by atoms with Gasteiger partial charge in [0.1, 0.15) is 5.69 Å². The zero-order valence-electron chi connectivity index (χ0n) is 12.3. The lowest BCUT2D eigenvalue weighted by atomic mass is 10.1. The van der Waals surface area contributed by atoms with E-state index in [1.165, 1.54) is 11.1 Å². The van der Waals surface area contributed by atoms with Crippen molar-refractivity contribution in [2.75, 3.05) is 5.32 Å². The van der Waals surface area contributed by atoms with Crippen molar-refractivity contribution in [2.45, 2.75) is 32.7 Å². The summed E-state index contributed by atoms with van der Waals surface area (Å²) in [6, 6.07) is 10.2. The minimum absolute atomic E-state index is 0.0877. The van der Waals surface area contributed by atoms with Gasteiger partial charge in [0.2, 0.25) is 0 Å². The molecule has 1 aromatic carbocycles. The third-order valence-corrected chi connectivity index (χ3v) is 3.70. The average molecular weight is 281 g/mol. The number of benzene rings is 1. The van der Waals surface area contributed by atoms with Crippen LogP contribution in [0.2, 0.25) is 0 Å². The zero-order valence-corrected chi connectivity index (χ0v) is 12.3. The first-order valence-corrected chi connectivity index (χ1v) is 7.23. The lowest BCUT2D eigenvalue weighted by Gasteiger charge is -2.09. The number of carbonyl (C=O) groups is 1. The number of hydrogen-bond acceptors (Lipinski definition) is 3. The molecule has 4 heteroatoms. The van der Waals surface area contributed by atoms with Crippen molar-refractivity contribution in [3.8, 4) is 0 Å². The topological polar surface area (TPSA) is 54.0 Å². The number of aryl methyl sites for hydroxylation is 2. The molecule has 1 aliphatic rings. The number of rotatable bonds is 4. The van der Waals surface area contributed by atoms with Crippen LogP contribution in [0, 0.1) is 13.8 Å². The molecule has 108 valence electrons. The first kappa shape index (κ1) is 13.6. The second kappa shape index (κ2) is 5.56. The summed E-state index contributed by atoms with van der Waals surface area (Å²) in [5, 5.41) is 6.23. The van der Waals surface area contributed by atoms with Crippen molar-refractivity contribution >= 4 is 17.3 Å². The van der Waals surface area contributed by atoms with Crippen LogP contribution in [-0.4, -0.2) is 16.9 Å². The van der Waals surface area contributed by atoms with E-state index in [1.807, 2.05) is 12.1 Å². The molecule has 0 radical (unpaired) electrons. The number of pyridine rings is 1. The average Bonchev–Trinajstić information content (AvgIpc) is 3.28. The Labute approximate surface area is 124 Å². The Morgan fingerprint density at radius 1 is 1.10 bits per heavy atom. The fraction of sp³-hybridized carbons (Fsp3) is 0.294. The number of carbonyl (C=O) groups excluding carboxylic acids is 1. The molecule has 1 aromatic heterocycles. The Kier molecular flexibility index (Phi) is 3.60. The smallest absolute Gasteiger partial charge is 0.270 e. The van der Waals surface area contributed by atoms with Crippen LogP contribution in [0.4, 0.5) is 11.4 Å². The summed E-state index contributed by atoms with van der Waals surface area (Å²) < 4.78 is 0. The summed E-state index contributed by atoms with van der Waals surface area (Å²) in [5.41, 5.74) is 4.88. The molecule has 1 heterocycles. The summed E-state index contributed by atoms with van der Waals surface area (Å²) >= 11 is 0. The second-order valence-electron chi connectivity index (χ2n) is 5.60. The van der Waals surface area contributed by atoms with Gasteiger partial charge in [0.15, 0.2) is 0 Å². The van der Waals surface area contributed by atoms with Crippen LogP contribution >= 0.6 is 0 Å². The van der Waals surface area contributed by atoms with Crippen LogP contribution in [0.3, 0.4) is 0 Å². The number of nitrogens with zero attached hydrogens (tertiary/aromatic N) is 1. The van der Waals surface area contributed by atoms with Gasteiger partial charge in [-0.05, 0) is 62.1 Å². The first-order valence-electron chi connectivity index (χ1n) is 7.23. The van der Waals surface area contributed by atoms with Gasteiger partial charge >= 0.3 is 0 Å². The maximum absolute atomic E-state index is 11.9. The monoisotopic (exact) mass is 281 g/mol. The van der Waals surface area contributed by atoms with Crippen molar-refractivity contribution in [1.82, 2.24) is 10.3 Å². The van der Waals surface area contributed by atoms with Gasteiger partial charge in [0.25, 0.3) is 5.91 Å². The molecule has 1 aliphatic carbocycles. The van der Waals surface area contributed by atoms with Crippen LogP contribution in [-0.2, 0) is 0 Å². The summed E-state index contributed by atoms with van der Waals surface area (Å²) in [7, 11) is 0. The molecule has 2 N–H and O–H groups in total. The highest BCUT2D eigenvalue weighted by molar-refractivity contribution is 5.92. The third-order valence-electron chi connectivity index (χ3n) is 3.70. The van der Waals surface area contributed by atoms with Gasteiger partial charge < -0.3 is 10.6 Å². The van der Waals surface area contributed by atoms with Crippen LogP contribution in [0.1, 0.15) is 34.5 Å². The predicted molar refractivity (Wildman–Crippen MR) is 83.9 cm³/mol. The molecule has 4 nitrogen and oxygen atoms in total. The van der Waals surface area contributed by atoms with Gasteiger partial charge in [0.05, 0.1) is 11.9 Å². The lowest BCUT2D eigenvalue weighted by Crippen LogP contribution is -2.26. The molecule has 2 aromatic rings. The molecule has 0 spiro atoms. The van der Waals surface area contributed by atoms with E-state index < -0.39 is 0 Å². The predicted octanol–water partition coefficient (Wildman–Crippen LogP) is 3.33. The highest BCUT2D eigenvalue weighted by Crippen LogP contribution is 2.20.